The quantitative estimate of drug-likeness (QED) is 0.620. The van der Waals surface area contributed by atoms with Crippen LogP contribution in [0.3, 0.4) is 0 Å². The molecule has 5 nitrogen and oxygen atoms in total. The van der Waals surface area contributed by atoms with Crippen molar-refractivity contribution in [2.75, 3.05) is 30.9 Å². The van der Waals surface area contributed by atoms with Crippen molar-refractivity contribution in [1.29, 1.82) is 0 Å². The molecule has 0 aliphatic carbocycles. The van der Waals surface area contributed by atoms with Crippen molar-refractivity contribution < 1.29 is 16.8 Å². The Labute approximate surface area is 98.5 Å². The van der Waals surface area contributed by atoms with Gasteiger partial charge in [-0.15, -0.1) is 0 Å². The van der Waals surface area contributed by atoms with Crippen molar-refractivity contribution in [3.8, 4) is 0 Å². The summed E-state index contributed by atoms with van der Waals surface area (Å²) in [4.78, 5) is 0. The molecule has 0 aromatic rings. The summed E-state index contributed by atoms with van der Waals surface area (Å²) in [6.07, 6.45) is 1.71. The predicted molar refractivity (Wildman–Crippen MR) is 66.1 cm³/mol. The van der Waals surface area contributed by atoms with Crippen molar-refractivity contribution in [3.05, 3.63) is 0 Å². The highest BCUT2D eigenvalue weighted by Crippen LogP contribution is 1.99. The van der Waals surface area contributed by atoms with Gasteiger partial charge in [0, 0.05) is 12.8 Å². The van der Waals surface area contributed by atoms with Crippen molar-refractivity contribution in [2.45, 2.75) is 25.5 Å². The molecule has 0 amide bonds. The number of nitrogens with one attached hydrogen (secondary N) is 1. The Balaban J connectivity index is 3.63. The first-order valence-corrected chi connectivity index (χ1v) is 9.03. The molecule has 0 radical (unpaired) electrons. The van der Waals surface area contributed by atoms with Gasteiger partial charge in [0.15, 0.2) is 9.84 Å². The molecule has 0 heterocycles. The van der Waals surface area contributed by atoms with Gasteiger partial charge < -0.3 is 5.32 Å². The van der Waals surface area contributed by atoms with Gasteiger partial charge in [-0.05, 0) is 26.8 Å². The topological polar surface area (TPSA) is 80.3 Å². The maximum Gasteiger partial charge on any atom is 0.153 e. The van der Waals surface area contributed by atoms with Gasteiger partial charge in [0.05, 0.1) is 16.8 Å². The summed E-state index contributed by atoms with van der Waals surface area (Å²) in [5.74, 6) is 0.237. The molecule has 0 atom stereocenters. The Morgan fingerprint density at radius 3 is 2.00 bits per heavy atom. The van der Waals surface area contributed by atoms with Gasteiger partial charge >= 0.3 is 0 Å². The molecule has 16 heavy (non-hydrogen) atoms. The number of sulfone groups is 2. The van der Waals surface area contributed by atoms with Gasteiger partial charge in [-0.2, -0.15) is 0 Å². The van der Waals surface area contributed by atoms with Crippen LogP contribution in [-0.2, 0) is 19.7 Å². The van der Waals surface area contributed by atoms with Crippen molar-refractivity contribution in [3.63, 3.8) is 0 Å². The molecule has 0 bridgehead atoms. The van der Waals surface area contributed by atoms with Crippen LogP contribution in [0.15, 0.2) is 0 Å². The Morgan fingerprint density at radius 1 is 1.00 bits per heavy atom. The summed E-state index contributed by atoms with van der Waals surface area (Å²) in [7, 11) is -5.91. The highest BCUT2D eigenvalue weighted by Gasteiger charge is 2.14. The third-order valence-corrected chi connectivity index (χ3v) is 5.39. The fourth-order valence-electron chi connectivity index (χ4n) is 1.03. The predicted octanol–water partition coefficient (Wildman–Crippen LogP) is -0.166. The summed E-state index contributed by atoms with van der Waals surface area (Å²) in [5, 5.41) is 2.57. The average molecular weight is 271 g/mol. The molecule has 98 valence electrons. The van der Waals surface area contributed by atoms with E-state index in [1.165, 1.54) is 6.26 Å². The van der Waals surface area contributed by atoms with Gasteiger partial charge in [-0.3, -0.25) is 0 Å². The zero-order valence-corrected chi connectivity index (χ0v) is 11.7. The minimum Gasteiger partial charge on any atom is -0.316 e. The van der Waals surface area contributed by atoms with Crippen LogP contribution >= 0.6 is 0 Å². The molecule has 0 aliphatic heterocycles. The molecule has 0 spiro atoms. The van der Waals surface area contributed by atoms with Gasteiger partial charge in [0.1, 0.15) is 9.84 Å². The normalized spacial score (nSPS) is 13.2. The Morgan fingerprint density at radius 2 is 1.56 bits per heavy atom. The molecule has 0 aliphatic rings. The van der Waals surface area contributed by atoms with E-state index in [0.29, 0.717) is 19.5 Å². The van der Waals surface area contributed by atoms with Crippen LogP contribution in [0.2, 0.25) is 0 Å². The summed E-state index contributed by atoms with van der Waals surface area (Å²) in [6, 6.07) is 0. The van der Waals surface area contributed by atoms with Crippen LogP contribution in [0.5, 0.6) is 0 Å². The minimum absolute atomic E-state index is 0.101. The van der Waals surface area contributed by atoms with Crippen LogP contribution in [0.1, 0.15) is 20.3 Å². The van der Waals surface area contributed by atoms with E-state index in [9.17, 15) is 16.8 Å². The molecule has 0 saturated carbocycles. The third-order valence-electron chi connectivity index (χ3n) is 2.15. The van der Waals surface area contributed by atoms with Crippen molar-refractivity contribution >= 4 is 19.7 Å². The van der Waals surface area contributed by atoms with Crippen LogP contribution < -0.4 is 5.32 Å². The SMILES string of the molecule is CC(C)S(=O)(=O)CCNCCCS(C)(=O)=O. The Hall–Kier alpha value is -0.140. The number of hydrogen-bond acceptors (Lipinski definition) is 5. The van der Waals surface area contributed by atoms with E-state index in [0.717, 1.165) is 0 Å². The smallest absolute Gasteiger partial charge is 0.153 e. The maximum absolute atomic E-state index is 11.4. The maximum atomic E-state index is 11.4. The Kier molecular flexibility index (Phi) is 6.50. The van der Waals surface area contributed by atoms with E-state index < -0.39 is 19.7 Å². The zero-order chi connectivity index (χ0) is 12.8. The van der Waals surface area contributed by atoms with Crippen LogP contribution in [-0.4, -0.2) is 52.9 Å². The first-order chi connectivity index (χ1) is 7.15. The fourth-order valence-corrected chi connectivity index (χ4v) is 2.60. The van der Waals surface area contributed by atoms with Gasteiger partial charge in [0.25, 0.3) is 0 Å². The lowest BCUT2D eigenvalue weighted by atomic mass is 10.5. The lowest BCUT2D eigenvalue weighted by Gasteiger charge is -2.08. The van der Waals surface area contributed by atoms with Gasteiger partial charge in [0.2, 0.25) is 0 Å². The fraction of sp³-hybridized carbons (Fsp3) is 1.00. The molecule has 0 aromatic heterocycles. The molecule has 7 heteroatoms. The van der Waals surface area contributed by atoms with Crippen LogP contribution in [0.4, 0.5) is 0 Å². The van der Waals surface area contributed by atoms with Crippen LogP contribution in [0, 0.1) is 0 Å². The lowest BCUT2D eigenvalue weighted by molar-refractivity contribution is 0.579. The minimum atomic E-state index is -2.99. The molecular formula is C9H21NO4S2. The largest absolute Gasteiger partial charge is 0.316 e. The summed E-state index contributed by atoms with van der Waals surface area (Å²) < 4.78 is 44.4. The zero-order valence-electron chi connectivity index (χ0n) is 10.1. The third kappa shape index (κ3) is 8.06. The van der Waals surface area contributed by atoms with E-state index in [1.807, 2.05) is 0 Å². The number of hydrogen-bond donors (Lipinski definition) is 1. The summed E-state index contributed by atoms with van der Waals surface area (Å²) >= 11 is 0. The molecule has 0 saturated heterocycles. The van der Waals surface area contributed by atoms with Gasteiger partial charge in [-0.1, -0.05) is 0 Å². The lowest BCUT2D eigenvalue weighted by Crippen LogP contribution is -2.28. The number of rotatable bonds is 8. The second-order valence-electron chi connectivity index (χ2n) is 4.15. The first-order valence-electron chi connectivity index (χ1n) is 5.25. The van der Waals surface area contributed by atoms with E-state index in [2.05, 4.69) is 5.32 Å². The average Bonchev–Trinajstić information content (AvgIpc) is 2.09. The monoisotopic (exact) mass is 271 g/mol. The van der Waals surface area contributed by atoms with E-state index >= 15 is 0 Å². The summed E-state index contributed by atoms with van der Waals surface area (Å²) in [6.45, 7) is 4.21. The van der Waals surface area contributed by atoms with Crippen molar-refractivity contribution in [1.82, 2.24) is 5.32 Å². The standard InChI is InChI=1S/C9H21NO4S2/c1-9(2)16(13,14)8-6-10-5-4-7-15(3,11)12/h9-10H,4-8H2,1-3H3. The molecule has 0 unspecified atom stereocenters. The molecule has 0 fully saturated rings. The van der Waals surface area contributed by atoms with E-state index in [4.69, 9.17) is 0 Å². The second kappa shape index (κ2) is 6.56. The molecular weight excluding hydrogens is 250 g/mol. The highest BCUT2D eigenvalue weighted by atomic mass is 32.2. The molecule has 0 rings (SSSR count). The highest BCUT2D eigenvalue weighted by molar-refractivity contribution is 7.92. The molecule has 1 N–H and O–H groups in total. The second-order valence-corrected chi connectivity index (χ2v) is 9.09. The van der Waals surface area contributed by atoms with E-state index in [-0.39, 0.29) is 16.8 Å². The first kappa shape index (κ1) is 15.9. The summed E-state index contributed by atoms with van der Waals surface area (Å²) in [5.41, 5.74) is 0. The van der Waals surface area contributed by atoms with E-state index in [1.54, 1.807) is 13.8 Å². The molecule has 0 aromatic carbocycles. The Bertz CT molecular complexity index is 384. The van der Waals surface area contributed by atoms with Gasteiger partial charge in [-0.25, -0.2) is 16.8 Å². The van der Waals surface area contributed by atoms with Crippen LogP contribution in [0.25, 0.3) is 0 Å². The van der Waals surface area contributed by atoms with Crippen molar-refractivity contribution in [2.24, 2.45) is 0 Å².